The number of nitrogens with zero attached hydrogens (tertiary/aromatic N) is 1. The zero-order chi connectivity index (χ0) is 15.0. The Morgan fingerprint density at radius 2 is 2.05 bits per heavy atom. The summed E-state index contributed by atoms with van der Waals surface area (Å²) in [6.45, 7) is 2.70. The van der Waals surface area contributed by atoms with Gasteiger partial charge in [0.2, 0.25) is 5.91 Å². The van der Waals surface area contributed by atoms with Crippen LogP contribution in [0.5, 0.6) is 0 Å². The van der Waals surface area contributed by atoms with Crippen molar-refractivity contribution in [3.63, 3.8) is 0 Å². The van der Waals surface area contributed by atoms with Crippen molar-refractivity contribution in [2.24, 2.45) is 11.8 Å². The summed E-state index contributed by atoms with van der Waals surface area (Å²) in [5.74, 6) is -0.254. The van der Waals surface area contributed by atoms with Crippen LogP contribution in [0.25, 0.3) is 0 Å². The highest BCUT2D eigenvalue weighted by atomic mass is 16.5. The molecule has 0 aromatic rings. The molecule has 0 aromatic carbocycles. The monoisotopic (exact) mass is 295 g/mol. The van der Waals surface area contributed by atoms with E-state index in [0.717, 1.165) is 38.5 Å². The Morgan fingerprint density at radius 1 is 1.24 bits per heavy atom. The van der Waals surface area contributed by atoms with Crippen molar-refractivity contribution in [2.75, 3.05) is 6.54 Å². The first-order chi connectivity index (χ1) is 10.1. The SMILES string of the molecule is CC1CCC(CCC(=O)N2CC3CCCC3C2C(=O)O)O1. The van der Waals surface area contributed by atoms with Crippen molar-refractivity contribution in [1.29, 1.82) is 0 Å². The zero-order valence-corrected chi connectivity index (χ0v) is 12.7. The molecule has 3 rings (SSSR count). The van der Waals surface area contributed by atoms with Gasteiger partial charge in [-0.3, -0.25) is 4.79 Å². The van der Waals surface area contributed by atoms with Gasteiger partial charge in [0.25, 0.3) is 0 Å². The van der Waals surface area contributed by atoms with Crippen LogP contribution in [0, 0.1) is 11.8 Å². The van der Waals surface area contributed by atoms with E-state index in [9.17, 15) is 14.7 Å². The Balaban J connectivity index is 1.57. The summed E-state index contributed by atoms with van der Waals surface area (Å²) in [6, 6.07) is -0.589. The van der Waals surface area contributed by atoms with Crippen molar-refractivity contribution < 1.29 is 19.4 Å². The lowest BCUT2D eigenvalue weighted by molar-refractivity contribution is -0.149. The topological polar surface area (TPSA) is 66.8 Å². The second-order valence-electron chi connectivity index (χ2n) is 6.87. The Morgan fingerprint density at radius 3 is 2.71 bits per heavy atom. The molecule has 118 valence electrons. The van der Waals surface area contributed by atoms with E-state index >= 15 is 0 Å². The third kappa shape index (κ3) is 2.93. The largest absolute Gasteiger partial charge is 0.480 e. The summed E-state index contributed by atoms with van der Waals surface area (Å²) < 4.78 is 5.74. The first-order valence-electron chi connectivity index (χ1n) is 8.24. The maximum absolute atomic E-state index is 12.4. The number of hydrogen-bond acceptors (Lipinski definition) is 3. The van der Waals surface area contributed by atoms with Crippen LogP contribution in [0.2, 0.25) is 0 Å². The molecule has 1 N–H and O–H groups in total. The molecule has 3 fully saturated rings. The Kier molecular flexibility index (Phi) is 4.20. The second kappa shape index (κ2) is 5.95. The summed E-state index contributed by atoms with van der Waals surface area (Å²) in [4.78, 5) is 25.6. The van der Waals surface area contributed by atoms with Gasteiger partial charge in [-0.15, -0.1) is 0 Å². The molecule has 5 nitrogen and oxygen atoms in total. The highest BCUT2D eigenvalue weighted by Crippen LogP contribution is 2.42. The number of aliphatic carboxylic acids is 1. The van der Waals surface area contributed by atoms with Gasteiger partial charge in [0, 0.05) is 13.0 Å². The minimum Gasteiger partial charge on any atom is -0.480 e. The minimum absolute atomic E-state index is 0.0000435. The van der Waals surface area contributed by atoms with Crippen LogP contribution < -0.4 is 0 Å². The summed E-state index contributed by atoms with van der Waals surface area (Å²) in [7, 11) is 0. The van der Waals surface area contributed by atoms with Crippen molar-refractivity contribution >= 4 is 11.9 Å². The number of likely N-dealkylation sites (tertiary alicyclic amines) is 1. The third-order valence-electron chi connectivity index (χ3n) is 5.46. The van der Waals surface area contributed by atoms with E-state index in [1.165, 1.54) is 0 Å². The number of rotatable bonds is 4. The molecule has 1 amide bonds. The summed E-state index contributed by atoms with van der Waals surface area (Å²) >= 11 is 0. The maximum atomic E-state index is 12.4. The lowest BCUT2D eigenvalue weighted by Crippen LogP contribution is -2.43. The van der Waals surface area contributed by atoms with Crippen LogP contribution >= 0.6 is 0 Å². The fourth-order valence-corrected chi connectivity index (χ4v) is 4.40. The van der Waals surface area contributed by atoms with Gasteiger partial charge < -0.3 is 14.7 Å². The molecule has 2 aliphatic heterocycles. The summed E-state index contributed by atoms with van der Waals surface area (Å²) in [6.07, 6.45) is 6.82. The number of ether oxygens (including phenoxy) is 1. The molecule has 5 heteroatoms. The number of hydrogen-bond donors (Lipinski definition) is 1. The zero-order valence-electron chi connectivity index (χ0n) is 12.7. The predicted molar refractivity (Wildman–Crippen MR) is 76.8 cm³/mol. The van der Waals surface area contributed by atoms with E-state index in [-0.39, 0.29) is 17.9 Å². The highest BCUT2D eigenvalue weighted by molar-refractivity contribution is 5.84. The van der Waals surface area contributed by atoms with Gasteiger partial charge in [-0.05, 0) is 50.9 Å². The lowest BCUT2D eigenvalue weighted by Gasteiger charge is -2.25. The quantitative estimate of drug-likeness (QED) is 0.862. The fraction of sp³-hybridized carbons (Fsp3) is 0.875. The molecule has 0 aromatic heterocycles. The summed E-state index contributed by atoms with van der Waals surface area (Å²) in [5.41, 5.74) is 0. The molecule has 3 aliphatic rings. The van der Waals surface area contributed by atoms with E-state index in [2.05, 4.69) is 6.92 Å². The number of carbonyl (C=O) groups is 2. The third-order valence-corrected chi connectivity index (χ3v) is 5.46. The molecule has 5 unspecified atom stereocenters. The van der Waals surface area contributed by atoms with E-state index in [1.807, 2.05) is 0 Å². The Bertz CT molecular complexity index is 425. The molecule has 0 radical (unpaired) electrons. The fourth-order valence-electron chi connectivity index (χ4n) is 4.40. The minimum atomic E-state index is -0.830. The normalized spacial score (nSPS) is 38.7. The van der Waals surface area contributed by atoms with Gasteiger partial charge in [0.1, 0.15) is 6.04 Å². The molecular weight excluding hydrogens is 270 g/mol. The molecule has 1 aliphatic carbocycles. The van der Waals surface area contributed by atoms with Crippen LogP contribution in [0.3, 0.4) is 0 Å². The molecule has 2 saturated heterocycles. The first kappa shape index (κ1) is 14.8. The second-order valence-corrected chi connectivity index (χ2v) is 6.87. The molecule has 2 heterocycles. The standard InChI is InChI=1S/C16H25NO4/c1-10-5-6-12(21-10)7-8-14(18)17-9-11-3-2-4-13(11)15(17)16(19)20/h10-13,15H,2-9H2,1H3,(H,19,20). The molecule has 0 spiro atoms. The molecule has 0 bridgehead atoms. The van der Waals surface area contributed by atoms with E-state index in [1.54, 1.807) is 4.90 Å². The van der Waals surface area contributed by atoms with E-state index in [0.29, 0.717) is 25.0 Å². The molecule has 5 atom stereocenters. The van der Waals surface area contributed by atoms with Gasteiger partial charge in [0.05, 0.1) is 12.2 Å². The van der Waals surface area contributed by atoms with Crippen LogP contribution in [-0.2, 0) is 14.3 Å². The van der Waals surface area contributed by atoms with Gasteiger partial charge >= 0.3 is 5.97 Å². The van der Waals surface area contributed by atoms with Crippen LogP contribution in [0.1, 0.15) is 51.9 Å². The van der Waals surface area contributed by atoms with Crippen LogP contribution in [0.15, 0.2) is 0 Å². The van der Waals surface area contributed by atoms with Crippen molar-refractivity contribution in [3.8, 4) is 0 Å². The van der Waals surface area contributed by atoms with Gasteiger partial charge in [-0.25, -0.2) is 4.79 Å². The number of carboxylic acids is 1. The van der Waals surface area contributed by atoms with E-state index in [4.69, 9.17) is 4.74 Å². The Labute approximate surface area is 125 Å². The van der Waals surface area contributed by atoms with Crippen LogP contribution in [0.4, 0.5) is 0 Å². The number of carboxylic acid groups (broad SMARTS) is 1. The Hall–Kier alpha value is -1.10. The molecule has 21 heavy (non-hydrogen) atoms. The number of amides is 1. The van der Waals surface area contributed by atoms with Crippen molar-refractivity contribution in [1.82, 2.24) is 4.90 Å². The average Bonchev–Trinajstić information content (AvgIpc) is 3.09. The van der Waals surface area contributed by atoms with Gasteiger partial charge in [0.15, 0.2) is 0 Å². The molecule has 1 saturated carbocycles. The van der Waals surface area contributed by atoms with Gasteiger partial charge in [-0.1, -0.05) is 6.42 Å². The highest BCUT2D eigenvalue weighted by Gasteiger charge is 2.49. The average molecular weight is 295 g/mol. The lowest BCUT2D eigenvalue weighted by atomic mass is 9.94. The first-order valence-corrected chi connectivity index (χ1v) is 8.24. The number of fused-ring (bicyclic) bond motifs is 1. The van der Waals surface area contributed by atoms with Gasteiger partial charge in [-0.2, -0.15) is 0 Å². The summed E-state index contributed by atoms with van der Waals surface area (Å²) in [5, 5.41) is 9.48. The number of carbonyl (C=O) groups excluding carboxylic acids is 1. The van der Waals surface area contributed by atoms with E-state index < -0.39 is 12.0 Å². The van der Waals surface area contributed by atoms with Crippen molar-refractivity contribution in [2.45, 2.75) is 70.1 Å². The predicted octanol–water partition coefficient (Wildman–Crippen LogP) is 2.05. The van der Waals surface area contributed by atoms with Crippen molar-refractivity contribution in [3.05, 3.63) is 0 Å². The molecular formula is C16H25NO4. The van der Waals surface area contributed by atoms with Crippen LogP contribution in [-0.4, -0.2) is 46.7 Å². The maximum Gasteiger partial charge on any atom is 0.326 e. The smallest absolute Gasteiger partial charge is 0.326 e.